The van der Waals surface area contributed by atoms with E-state index in [4.69, 9.17) is 9.15 Å². The van der Waals surface area contributed by atoms with Gasteiger partial charge in [0, 0.05) is 5.41 Å². The third-order valence-electron chi connectivity index (χ3n) is 2.50. The van der Waals surface area contributed by atoms with Crippen molar-refractivity contribution in [2.45, 2.75) is 26.2 Å². The van der Waals surface area contributed by atoms with Crippen molar-refractivity contribution in [2.24, 2.45) is 0 Å². The number of para-hydroxylation sites is 1. The van der Waals surface area contributed by atoms with E-state index in [1.54, 1.807) is 18.2 Å². The van der Waals surface area contributed by atoms with E-state index in [-0.39, 0.29) is 11.2 Å². The van der Waals surface area contributed by atoms with E-state index in [1.807, 2.05) is 45.0 Å². The van der Waals surface area contributed by atoms with Crippen LogP contribution in [0.4, 0.5) is 0 Å². The first kappa shape index (κ1) is 12.4. The number of rotatable bonds is 2. The number of carbonyl (C=O) groups is 1. The van der Waals surface area contributed by atoms with Gasteiger partial charge in [0.05, 0.1) is 0 Å². The quantitative estimate of drug-likeness (QED) is 0.596. The Labute approximate surface area is 106 Å². The third-order valence-corrected chi connectivity index (χ3v) is 2.50. The van der Waals surface area contributed by atoms with Crippen LogP contribution < -0.4 is 4.74 Å². The van der Waals surface area contributed by atoms with Crippen LogP contribution in [0, 0.1) is 0 Å². The van der Waals surface area contributed by atoms with Crippen molar-refractivity contribution in [3.05, 3.63) is 54.0 Å². The average Bonchev–Trinajstić information content (AvgIpc) is 2.79. The van der Waals surface area contributed by atoms with Crippen molar-refractivity contribution in [1.29, 1.82) is 0 Å². The molecule has 0 saturated carbocycles. The van der Waals surface area contributed by atoms with Crippen molar-refractivity contribution in [3.63, 3.8) is 0 Å². The first-order valence-corrected chi connectivity index (χ1v) is 5.84. The standard InChI is InChI=1S/C15H16O3/c1-15(2,3)13-10-9-12(18-13)14(16)17-11-7-5-4-6-8-11/h4-10H,1-3H3. The molecule has 18 heavy (non-hydrogen) atoms. The predicted octanol–water partition coefficient (Wildman–Crippen LogP) is 3.80. The van der Waals surface area contributed by atoms with E-state index in [1.165, 1.54) is 0 Å². The van der Waals surface area contributed by atoms with Crippen LogP contribution in [0.15, 0.2) is 46.9 Å². The van der Waals surface area contributed by atoms with Crippen molar-refractivity contribution < 1.29 is 13.9 Å². The number of esters is 1. The Morgan fingerprint density at radius 2 is 1.72 bits per heavy atom. The molecule has 3 nitrogen and oxygen atoms in total. The zero-order chi connectivity index (χ0) is 13.2. The van der Waals surface area contributed by atoms with Gasteiger partial charge in [-0.3, -0.25) is 0 Å². The highest BCUT2D eigenvalue weighted by atomic mass is 16.5. The number of furan rings is 1. The third kappa shape index (κ3) is 2.80. The summed E-state index contributed by atoms with van der Waals surface area (Å²) in [5.41, 5.74) is -0.120. The Bertz CT molecular complexity index is 532. The van der Waals surface area contributed by atoms with Gasteiger partial charge < -0.3 is 9.15 Å². The maximum Gasteiger partial charge on any atom is 0.379 e. The molecule has 0 aliphatic heterocycles. The summed E-state index contributed by atoms with van der Waals surface area (Å²) in [6.07, 6.45) is 0. The second-order valence-corrected chi connectivity index (χ2v) is 5.12. The zero-order valence-corrected chi connectivity index (χ0v) is 10.8. The molecule has 0 radical (unpaired) electrons. The fourth-order valence-corrected chi connectivity index (χ4v) is 1.50. The second kappa shape index (κ2) is 4.69. The lowest BCUT2D eigenvalue weighted by Gasteiger charge is -2.13. The first-order valence-electron chi connectivity index (χ1n) is 5.84. The van der Waals surface area contributed by atoms with Gasteiger partial charge in [-0.05, 0) is 24.3 Å². The highest BCUT2D eigenvalue weighted by molar-refractivity contribution is 5.88. The molecule has 3 heteroatoms. The van der Waals surface area contributed by atoms with Gasteiger partial charge in [-0.15, -0.1) is 0 Å². The van der Waals surface area contributed by atoms with Gasteiger partial charge in [-0.25, -0.2) is 4.79 Å². The number of benzene rings is 1. The summed E-state index contributed by atoms with van der Waals surface area (Å²) in [7, 11) is 0. The molecule has 0 bridgehead atoms. The molecule has 2 aromatic rings. The smallest absolute Gasteiger partial charge is 0.379 e. The number of carbonyl (C=O) groups excluding carboxylic acids is 1. The van der Waals surface area contributed by atoms with Crippen molar-refractivity contribution in [3.8, 4) is 5.75 Å². The molecular weight excluding hydrogens is 228 g/mol. The monoisotopic (exact) mass is 244 g/mol. The van der Waals surface area contributed by atoms with Crippen LogP contribution in [0.1, 0.15) is 37.1 Å². The molecule has 0 fully saturated rings. The van der Waals surface area contributed by atoms with Crippen molar-refractivity contribution in [1.82, 2.24) is 0 Å². The van der Waals surface area contributed by atoms with E-state index in [0.29, 0.717) is 5.75 Å². The molecule has 1 aromatic carbocycles. The van der Waals surface area contributed by atoms with Crippen LogP contribution in [0.5, 0.6) is 5.75 Å². The molecular formula is C15H16O3. The van der Waals surface area contributed by atoms with Crippen LogP contribution in [0.25, 0.3) is 0 Å². The summed E-state index contributed by atoms with van der Waals surface area (Å²) in [6.45, 7) is 6.08. The topological polar surface area (TPSA) is 39.4 Å². The summed E-state index contributed by atoms with van der Waals surface area (Å²) >= 11 is 0. The van der Waals surface area contributed by atoms with Gasteiger partial charge in [0.1, 0.15) is 11.5 Å². The first-order chi connectivity index (χ1) is 8.47. The number of ether oxygens (including phenoxy) is 1. The lowest BCUT2D eigenvalue weighted by atomic mass is 9.94. The number of hydrogen-bond donors (Lipinski definition) is 0. The number of hydrogen-bond acceptors (Lipinski definition) is 3. The van der Waals surface area contributed by atoms with Gasteiger partial charge in [0.2, 0.25) is 5.76 Å². The van der Waals surface area contributed by atoms with Gasteiger partial charge in [-0.1, -0.05) is 39.0 Å². The Hall–Kier alpha value is -2.03. The van der Waals surface area contributed by atoms with Crippen LogP contribution in [0.3, 0.4) is 0 Å². The Morgan fingerprint density at radius 1 is 1.06 bits per heavy atom. The molecule has 1 heterocycles. The summed E-state index contributed by atoms with van der Waals surface area (Å²) in [4.78, 5) is 11.8. The molecule has 0 amide bonds. The van der Waals surface area contributed by atoms with Crippen LogP contribution in [-0.2, 0) is 5.41 Å². The fraction of sp³-hybridized carbons (Fsp3) is 0.267. The Kier molecular flexibility index (Phi) is 3.24. The van der Waals surface area contributed by atoms with Crippen LogP contribution >= 0.6 is 0 Å². The van der Waals surface area contributed by atoms with E-state index in [2.05, 4.69) is 0 Å². The normalized spacial score (nSPS) is 11.3. The largest absolute Gasteiger partial charge is 0.453 e. The summed E-state index contributed by atoms with van der Waals surface area (Å²) < 4.78 is 10.7. The van der Waals surface area contributed by atoms with E-state index < -0.39 is 5.97 Å². The minimum atomic E-state index is -0.475. The van der Waals surface area contributed by atoms with Gasteiger partial charge in [-0.2, -0.15) is 0 Å². The predicted molar refractivity (Wildman–Crippen MR) is 68.8 cm³/mol. The SMILES string of the molecule is CC(C)(C)c1ccc(C(=O)Oc2ccccc2)o1. The molecule has 0 saturated heterocycles. The summed E-state index contributed by atoms with van der Waals surface area (Å²) in [6, 6.07) is 12.4. The maximum absolute atomic E-state index is 11.8. The molecule has 1 aromatic heterocycles. The lowest BCUT2D eigenvalue weighted by molar-refractivity contribution is 0.0697. The van der Waals surface area contributed by atoms with Crippen LogP contribution in [-0.4, -0.2) is 5.97 Å². The molecule has 0 atom stereocenters. The minimum absolute atomic E-state index is 0.120. The highest BCUT2D eigenvalue weighted by Crippen LogP contribution is 2.24. The molecule has 0 unspecified atom stereocenters. The summed E-state index contributed by atoms with van der Waals surface area (Å²) in [5, 5.41) is 0. The average molecular weight is 244 g/mol. The van der Waals surface area contributed by atoms with Crippen LogP contribution in [0.2, 0.25) is 0 Å². The summed E-state index contributed by atoms with van der Waals surface area (Å²) in [5.74, 6) is 1.03. The van der Waals surface area contributed by atoms with E-state index in [9.17, 15) is 4.79 Å². The molecule has 0 aliphatic rings. The lowest BCUT2D eigenvalue weighted by Crippen LogP contribution is -2.10. The zero-order valence-electron chi connectivity index (χ0n) is 10.8. The van der Waals surface area contributed by atoms with Gasteiger partial charge in [0.15, 0.2) is 0 Å². The van der Waals surface area contributed by atoms with E-state index >= 15 is 0 Å². The molecule has 94 valence electrons. The fourth-order valence-electron chi connectivity index (χ4n) is 1.50. The van der Waals surface area contributed by atoms with Crippen molar-refractivity contribution >= 4 is 5.97 Å². The second-order valence-electron chi connectivity index (χ2n) is 5.12. The molecule has 2 rings (SSSR count). The minimum Gasteiger partial charge on any atom is -0.453 e. The van der Waals surface area contributed by atoms with Gasteiger partial charge >= 0.3 is 5.97 Å². The van der Waals surface area contributed by atoms with Crippen molar-refractivity contribution in [2.75, 3.05) is 0 Å². The van der Waals surface area contributed by atoms with E-state index in [0.717, 1.165) is 5.76 Å². The maximum atomic E-state index is 11.8. The highest BCUT2D eigenvalue weighted by Gasteiger charge is 2.21. The molecule has 0 N–H and O–H groups in total. The molecule has 0 aliphatic carbocycles. The Morgan fingerprint density at radius 3 is 2.28 bits per heavy atom. The molecule has 0 spiro atoms. The van der Waals surface area contributed by atoms with Gasteiger partial charge in [0.25, 0.3) is 0 Å². The Balaban J connectivity index is 2.13.